The van der Waals surface area contributed by atoms with Crippen LogP contribution in [0.2, 0.25) is 0 Å². The molecule has 0 unspecified atom stereocenters. The lowest BCUT2D eigenvalue weighted by Crippen LogP contribution is -2.29. The zero-order valence-electron chi connectivity index (χ0n) is 11.5. The molecule has 1 saturated heterocycles. The van der Waals surface area contributed by atoms with Crippen molar-refractivity contribution in [3.8, 4) is 5.69 Å². The average Bonchev–Trinajstić information content (AvgIpc) is 2.98. The first-order valence-corrected chi connectivity index (χ1v) is 7.47. The lowest BCUT2D eigenvalue weighted by Gasteiger charge is -2.28. The summed E-state index contributed by atoms with van der Waals surface area (Å²) in [6.45, 7) is 6.15. The number of nitrogens with zero attached hydrogens (tertiary/aromatic N) is 3. The Morgan fingerprint density at radius 1 is 1.05 bits per heavy atom. The minimum absolute atomic E-state index is 0.737. The molecule has 4 heteroatoms. The molecule has 3 rings (SSSR count). The van der Waals surface area contributed by atoms with Crippen LogP contribution in [0.4, 0.5) is 5.69 Å². The molecule has 1 aliphatic rings. The van der Waals surface area contributed by atoms with Crippen molar-refractivity contribution in [2.75, 3.05) is 18.0 Å². The van der Waals surface area contributed by atoms with Gasteiger partial charge in [0.2, 0.25) is 0 Å². The molecule has 0 N–H and O–H groups in total. The molecule has 1 fully saturated rings. The molecule has 0 saturated carbocycles. The van der Waals surface area contributed by atoms with Crippen LogP contribution < -0.4 is 4.90 Å². The van der Waals surface area contributed by atoms with E-state index in [1.807, 2.05) is 10.9 Å². The van der Waals surface area contributed by atoms with Crippen LogP contribution >= 0.6 is 12.6 Å². The van der Waals surface area contributed by atoms with Crippen LogP contribution in [-0.2, 0) is 0 Å². The average molecular weight is 285 g/mol. The molecule has 0 radical (unpaired) electrons. The van der Waals surface area contributed by atoms with Gasteiger partial charge in [0.05, 0.1) is 11.9 Å². The normalized spacial score (nSPS) is 15.3. The summed E-state index contributed by atoms with van der Waals surface area (Å²) in [5.74, 6) is 0. The summed E-state index contributed by atoms with van der Waals surface area (Å²) in [6, 6.07) is 8.58. The van der Waals surface area contributed by atoms with Crippen molar-refractivity contribution in [2.45, 2.75) is 19.3 Å². The molecule has 0 spiro atoms. The molecule has 2 aromatic rings. The van der Waals surface area contributed by atoms with E-state index in [0.717, 1.165) is 16.2 Å². The Morgan fingerprint density at radius 3 is 2.30 bits per heavy atom. The van der Waals surface area contributed by atoms with Gasteiger partial charge in [0.1, 0.15) is 0 Å². The van der Waals surface area contributed by atoms with Crippen molar-refractivity contribution in [2.24, 2.45) is 0 Å². The fraction of sp³-hybridized carbons (Fsp3) is 0.312. The zero-order valence-corrected chi connectivity index (χ0v) is 12.4. The van der Waals surface area contributed by atoms with Gasteiger partial charge in [-0.2, -0.15) is 5.10 Å². The minimum atomic E-state index is 0.737. The number of piperidine rings is 1. The van der Waals surface area contributed by atoms with Gasteiger partial charge in [-0.3, -0.25) is 0 Å². The van der Waals surface area contributed by atoms with E-state index < -0.39 is 0 Å². The summed E-state index contributed by atoms with van der Waals surface area (Å²) in [7, 11) is 0. The van der Waals surface area contributed by atoms with Crippen LogP contribution in [0.1, 0.15) is 24.8 Å². The summed E-state index contributed by atoms with van der Waals surface area (Å²) in [5.41, 5.74) is 3.32. The molecule has 0 bridgehead atoms. The first-order valence-electron chi connectivity index (χ1n) is 7.02. The Balaban J connectivity index is 1.79. The topological polar surface area (TPSA) is 21.1 Å². The zero-order chi connectivity index (χ0) is 13.9. The smallest absolute Gasteiger partial charge is 0.0647 e. The SMILES string of the molecule is C=C(S)c1cnn(-c2ccc(N3CCCCC3)cc2)c1. The molecule has 1 aromatic heterocycles. The first kappa shape index (κ1) is 13.3. The summed E-state index contributed by atoms with van der Waals surface area (Å²) in [4.78, 5) is 3.19. The van der Waals surface area contributed by atoms with E-state index in [1.165, 1.54) is 38.0 Å². The first-order chi connectivity index (χ1) is 9.74. The van der Waals surface area contributed by atoms with Gasteiger partial charge in [0.25, 0.3) is 0 Å². The molecule has 20 heavy (non-hydrogen) atoms. The van der Waals surface area contributed by atoms with Gasteiger partial charge in [-0.15, -0.1) is 12.6 Å². The van der Waals surface area contributed by atoms with Gasteiger partial charge >= 0.3 is 0 Å². The molecule has 104 valence electrons. The highest BCUT2D eigenvalue weighted by Gasteiger charge is 2.10. The largest absolute Gasteiger partial charge is 0.372 e. The van der Waals surface area contributed by atoms with Crippen molar-refractivity contribution in [1.82, 2.24) is 9.78 Å². The fourth-order valence-corrected chi connectivity index (χ4v) is 2.70. The highest BCUT2D eigenvalue weighted by atomic mass is 32.1. The number of thiol groups is 1. The summed E-state index contributed by atoms with van der Waals surface area (Å²) in [5, 5.41) is 4.34. The number of hydrogen-bond donors (Lipinski definition) is 1. The second-order valence-electron chi connectivity index (χ2n) is 5.18. The Bertz CT molecular complexity index is 594. The maximum Gasteiger partial charge on any atom is 0.0647 e. The molecular formula is C16H19N3S. The van der Waals surface area contributed by atoms with Crippen molar-refractivity contribution in [3.05, 3.63) is 48.8 Å². The molecule has 0 amide bonds. The van der Waals surface area contributed by atoms with Crippen LogP contribution in [0.15, 0.2) is 43.2 Å². The van der Waals surface area contributed by atoms with E-state index in [2.05, 4.69) is 53.5 Å². The van der Waals surface area contributed by atoms with Crippen LogP contribution in [0, 0.1) is 0 Å². The minimum Gasteiger partial charge on any atom is -0.372 e. The lowest BCUT2D eigenvalue weighted by molar-refractivity contribution is 0.578. The van der Waals surface area contributed by atoms with Gasteiger partial charge in [0.15, 0.2) is 0 Å². The van der Waals surface area contributed by atoms with Gasteiger partial charge in [-0.25, -0.2) is 4.68 Å². The van der Waals surface area contributed by atoms with Gasteiger partial charge in [0, 0.05) is 35.4 Å². The molecular weight excluding hydrogens is 266 g/mol. The van der Waals surface area contributed by atoms with Crippen molar-refractivity contribution < 1.29 is 0 Å². The standard InChI is InChI=1S/C16H19N3S/c1-13(20)14-11-17-19(12-14)16-7-5-15(6-8-16)18-9-3-2-4-10-18/h5-8,11-12,20H,1-4,9-10H2. The van der Waals surface area contributed by atoms with Crippen molar-refractivity contribution in [3.63, 3.8) is 0 Å². The van der Waals surface area contributed by atoms with Gasteiger partial charge in [-0.1, -0.05) is 6.58 Å². The highest BCUT2D eigenvalue weighted by Crippen LogP contribution is 2.22. The number of hydrogen-bond acceptors (Lipinski definition) is 3. The number of anilines is 1. The molecule has 1 aromatic carbocycles. The van der Waals surface area contributed by atoms with Crippen LogP contribution in [-0.4, -0.2) is 22.9 Å². The predicted octanol–water partition coefficient (Wildman–Crippen LogP) is 3.76. The van der Waals surface area contributed by atoms with E-state index >= 15 is 0 Å². The van der Waals surface area contributed by atoms with Gasteiger partial charge < -0.3 is 4.90 Å². The Kier molecular flexibility index (Phi) is 3.83. The second kappa shape index (κ2) is 5.75. The van der Waals surface area contributed by atoms with Crippen LogP contribution in [0.5, 0.6) is 0 Å². The summed E-state index contributed by atoms with van der Waals surface area (Å²) >= 11 is 4.24. The lowest BCUT2D eigenvalue weighted by atomic mass is 10.1. The monoisotopic (exact) mass is 285 g/mol. The predicted molar refractivity (Wildman–Crippen MR) is 87.6 cm³/mol. The van der Waals surface area contributed by atoms with Crippen LogP contribution in [0.25, 0.3) is 10.6 Å². The molecule has 1 aliphatic heterocycles. The molecule has 0 atom stereocenters. The fourth-order valence-electron chi connectivity index (χ4n) is 2.58. The maximum atomic E-state index is 4.34. The van der Waals surface area contributed by atoms with E-state index in [0.29, 0.717) is 0 Å². The molecule has 2 heterocycles. The Hall–Kier alpha value is -1.68. The number of benzene rings is 1. The third-order valence-corrected chi connectivity index (χ3v) is 4.01. The summed E-state index contributed by atoms with van der Waals surface area (Å²) < 4.78 is 1.86. The van der Waals surface area contributed by atoms with Crippen molar-refractivity contribution in [1.29, 1.82) is 0 Å². The van der Waals surface area contributed by atoms with E-state index in [9.17, 15) is 0 Å². The third-order valence-electron chi connectivity index (χ3n) is 3.75. The third kappa shape index (κ3) is 2.75. The Morgan fingerprint density at radius 2 is 1.70 bits per heavy atom. The van der Waals surface area contributed by atoms with Gasteiger partial charge in [-0.05, 0) is 43.5 Å². The highest BCUT2D eigenvalue weighted by molar-refractivity contribution is 7.90. The molecule has 3 nitrogen and oxygen atoms in total. The maximum absolute atomic E-state index is 4.34. The quantitative estimate of drug-likeness (QED) is 0.867. The number of rotatable bonds is 3. The van der Waals surface area contributed by atoms with Crippen molar-refractivity contribution >= 4 is 23.2 Å². The van der Waals surface area contributed by atoms with E-state index in [-0.39, 0.29) is 0 Å². The summed E-state index contributed by atoms with van der Waals surface area (Å²) in [6.07, 6.45) is 7.69. The number of aromatic nitrogens is 2. The van der Waals surface area contributed by atoms with Crippen LogP contribution in [0.3, 0.4) is 0 Å². The molecule has 0 aliphatic carbocycles. The van der Waals surface area contributed by atoms with E-state index in [4.69, 9.17) is 0 Å². The van der Waals surface area contributed by atoms with E-state index in [1.54, 1.807) is 6.20 Å². The second-order valence-corrected chi connectivity index (χ2v) is 5.72. The Labute approximate surface area is 125 Å².